The van der Waals surface area contributed by atoms with E-state index in [0.29, 0.717) is 35.7 Å². The van der Waals surface area contributed by atoms with Crippen LogP contribution < -0.4 is 9.47 Å². The zero-order valence-electron chi connectivity index (χ0n) is 22.5. The molecule has 1 N–H and O–H groups in total. The summed E-state index contributed by atoms with van der Waals surface area (Å²) in [6, 6.07) is 18.7. The zero-order valence-corrected chi connectivity index (χ0v) is 23.3. The minimum atomic E-state index is -1.36. The number of benzene rings is 3. The second-order valence-electron chi connectivity index (χ2n) is 10.6. The molecule has 7 rings (SSSR count). The summed E-state index contributed by atoms with van der Waals surface area (Å²) in [7, 11) is 0. The first-order valence-electron chi connectivity index (χ1n) is 13.5. The predicted octanol–water partition coefficient (Wildman–Crippen LogP) is 6.61. The highest BCUT2D eigenvalue weighted by molar-refractivity contribution is 6.30. The highest BCUT2D eigenvalue weighted by Crippen LogP contribution is 2.49. The van der Waals surface area contributed by atoms with Crippen LogP contribution in [0.1, 0.15) is 40.7 Å². The Labute approximate surface area is 245 Å². The molecule has 1 saturated heterocycles. The Kier molecular flexibility index (Phi) is 6.36. The molecule has 1 unspecified atom stereocenters. The van der Waals surface area contributed by atoms with Crippen LogP contribution in [0.25, 0.3) is 22.3 Å². The lowest BCUT2D eigenvalue weighted by Gasteiger charge is -2.27. The Morgan fingerprint density at radius 2 is 2.00 bits per heavy atom. The van der Waals surface area contributed by atoms with Gasteiger partial charge < -0.3 is 23.9 Å². The fourth-order valence-corrected chi connectivity index (χ4v) is 5.60. The molecule has 2 atom stereocenters. The second kappa shape index (κ2) is 10.1. The lowest BCUT2D eigenvalue weighted by atomic mass is 10.1. The molecular formula is C32H25ClFN3O5. The maximum atomic E-state index is 14.8. The average molecular weight is 586 g/mol. The molecule has 42 heavy (non-hydrogen) atoms. The van der Waals surface area contributed by atoms with Gasteiger partial charge in [-0.3, -0.25) is 4.98 Å². The number of aromatic carboxylic acids is 1. The molecule has 0 radical (unpaired) electrons. The third-order valence-corrected chi connectivity index (χ3v) is 7.95. The highest BCUT2D eigenvalue weighted by Gasteiger charge is 2.42. The van der Waals surface area contributed by atoms with E-state index in [2.05, 4.69) is 0 Å². The molecule has 1 fully saturated rings. The van der Waals surface area contributed by atoms with Crippen molar-refractivity contribution in [3.8, 4) is 22.8 Å². The van der Waals surface area contributed by atoms with Gasteiger partial charge in [0, 0.05) is 36.7 Å². The number of rotatable bonds is 7. The number of pyridine rings is 1. The molecule has 212 valence electrons. The van der Waals surface area contributed by atoms with E-state index in [4.69, 9.17) is 35.8 Å². The van der Waals surface area contributed by atoms with Crippen molar-refractivity contribution in [1.29, 1.82) is 0 Å². The summed E-state index contributed by atoms with van der Waals surface area (Å²) in [6.45, 7) is 2.99. The van der Waals surface area contributed by atoms with E-state index in [1.54, 1.807) is 49.5 Å². The molecule has 0 aliphatic carbocycles. The van der Waals surface area contributed by atoms with Gasteiger partial charge in [0.05, 0.1) is 40.5 Å². The number of ether oxygens (including phenoxy) is 3. The molecule has 2 aliphatic heterocycles. The molecule has 0 saturated carbocycles. The number of para-hydroxylation sites is 1. The standard InChI is InChI=1S/C32H25ClFN3O5/c1-32(23-8-7-20(33)15-24(23)34)41-28-4-2-3-22(30(28)42-32)25-9-5-18(16-35-25)13-29-36-26-10-6-19(31(38)39)14-27(26)37(29)17-21-11-12-40-21/h2-10,14-16,21H,11-13,17H2,1H3,(H,38,39)/t21-,32?/m0/s1. The van der Waals surface area contributed by atoms with Crippen LogP contribution in [-0.4, -0.2) is 38.3 Å². The minimum Gasteiger partial charge on any atom is -0.478 e. The monoisotopic (exact) mass is 585 g/mol. The van der Waals surface area contributed by atoms with E-state index in [-0.39, 0.29) is 22.3 Å². The molecular weight excluding hydrogens is 561 g/mol. The lowest BCUT2D eigenvalue weighted by Crippen LogP contribution is -2.32. The van der Waals surface area contributed by atoms with Crippen LogP contribution in [0, 0.1) is 5.82 Å². The Morgan fingerprint density at radius 3 is 2.71 bits per heavy atom. The Morgan fingerprint density at radius 1 is 1.14 bits per heavy atom. The first-order valence-corrected chi connectivity index (χ1v) is 13.9. The Balaban J connectivity index is 1.17. The van der Waals surface area contributed by atoms with Crippen LogP contribution in [0.15, 0.2) is 72.9 Å². The molecule has 0 amide bonds. The maximum Gasteiger partial charge on any atom is 0.335 e. The summed E-state index contributed by atoms with van der Waals surface area (Å²) in [4.78, 5) is 21.1. The van der Waals surface area contributed by atoms with E-state index in [9.17, 15) is 14.3 Å². The molecule has 4 heterocycles. The number of imidazole rings is 1. The summed E-state index contributed by atoms with van der Waals surface area (Å²) >= 11 is 5.94. The molecule has 5 aromatic rings. The van der Waals surface area contributed by atoms with Crippen molar-refractivity contribution in [2.75, 3.05) is 6.61 Å². The smallest absolute Gasteiger partial charge is 0.335 e. The van der Waals surface area contributed by atoms with Crippen LogP contribution in [0.3, 0.4) is 0 Å². The summed E-state index contributed by atoms with van der Waals surface area (Å²) in [5.41, 5.74) is 4.27. The normalized spacial score (nSPS) is 19.2. The van der Waals surface area contributed by atoms with Gasteiger partial charge in [-0.05, 0) is 66.6 Å². The van der Waals surface area contributed by atoms with Gasteiger partial charge in [0.1, 0.15) is 11.6 Å². The summed E-state index contributed by atoms with van der Waals surface area (Å²) in [6.07, 6.45) is 3.31. The summed E-state index contributed by atoms with van der Waals surface area (Å²) in [5, 5.41) is 9.79. The van der Waals surface area contributed by atoms with E-state index < -0.39 is 17.6 Å². The molecule has 8 nitrogen and oxygen atoms in total. The second-order valence-corrected chi connectivity index (χ2v) is 11.0. The first-order chi connectivity index (χ1) is 20.3. The number of nitrogens with zero attached hydrogens (tertiary/aromatic N) is 3. The number of carboxylic acid groups (broad SMARTS) is 1. The molecule has 3 aromatic carbocycles. The first kappa shape index (κ1) is 26.4. The van der Waals surface area contributed by atoms with Gasteiger partial charge in [-0.1, -0.05) is 23.7 Å². The number of carboxylic acids is 1. The molecule has 2 aromatic heterocycles. The number of hydrogen-bond donors (Lipinski definition) is 1. The van der Waals surface area contributed by atoms with Crippen molar-refractivity contribution in [3.63, 3.8) is 0 Å². The van der Waals surface area contributed by atoms with Crippen molar-refractivity contribution >= 4 is 28.6 Å². The van der Waals surface area contributed by atoms with Crippen LogP contribution in [0.5, 0.6) is 11.5 Å². The Hall–Kier alpha value is -4.47. The SMILES string of the molecule is CC1(c2ccc(Cl)cc2F)Oc2cccc(-c3ccc(Cc4nc5ccc(C(=O)O)cc5n4C[C@@H]4CCO4)cn3)c2O1. The fraction of sp³-hybridized carbons (Fsp3) is 0.219. The maximum absolute atomic E-state index is 14.8. The number of aromatic nitrogens is 3. The predicted molar refractivity (Wildman–Crippen MR) is 154 cm³/mol. The van der Waals surface area contributed by atoms with Gasteiger partial charge in [0.25, 0.3) is 5.79 Å². The largest absolute Gasteiger partial charge is 0.478 e. The topological polar surface area (TPSA) is 95.7 Å². The van der Waals surface area contributed by atoms with Gasteiger partial charge >= 0.3 is 5.97 Å². The van der Waals surface area contributed by atoms with Crippen LogP contribution in [0.2, 0.25) is 5.02 Å². The van der Waals surface area contributed by atoms with Crippen molar-refractivity contribution in [3.05, 3.63) is 106 Å². The molecule has 2 aliphatic rings. The van der Waals surface area contributed by atoms with Crippen molar-refractivity contribution in [2.45, 2.75) is 38.2 Å². The highest BCUT2D eigenvalue weighted by atomic mass is 35.5. The molecule has 10 heteroatoms. The van der Waals surface area contributed by atoms with Crippen molar-refractivity contribution in [1.82, 2.24) is 14.5 Å². The van der Waals surface area contributed by atoms with E-state index >= 15 is 0 Å². The Bertz CT molecular complexity index is 1850. The summed E-state index contributed by atoms with van der Waals surface area (Å²) in [5.74, 6) is -1.09. The summed E-state index contributed by atoms with van der Waals surface area (Å²) < 4.78 is 34.8. The van der Waals surface area contributed by atoms with Gasteiger partial charge in [0.2, 0.25) is 0 Å². The van der Waals surface area contributed by atoms with Crippen LogP contribution >= 0.6 is 11.6 Å². The van der Waals surface area contributed by atoms with Crippen LogP contribution in [-0.2, 0) is 23.5 Å². The molecule has 0 spiro atoms. The van der Waals surface area contributed by atoms with Gasteiger partial charge in [-0.25, -0.2) is 14.2 Å². The van der Waals surface area contributed by atoms with E-state index in [1.165, 1.54) is 6.07 Å². The number of fused-ring (bicyclic) bond motifs is 2. The quantitative estimate of drug-likeness (QED) is 0.229. The average Bonchev–Trinajstić information content (AvgIpc) is 3.47. The third kappa shape index (κ3) is 4.64. The van der Waals surface area contributed by atoms with Gasteiger partial charge in [-0.15, -0.1) is 0 Å². The number of halogens is 2. The van der Waals surface area contributed by atoms with E-state index in [1.807, 2.05) is 28.8 Å². The number of hydrogen-bond acceptors (Lipinski definition) is 6. The zero-order chi connectivity index (χ0) is 29.0. The van der Waals surface area contributed by atoms with Gasteiger partial charge in [0.15, 0.2) is 11.5 Å². The van der Waals surface area contributed by atoms with Crippen molar-refractivity contribution < 1.29 is 28.5 Å². The third-order valence-electron chi connectivity index (χ3n) is 7.72. The van der Waals surface area contributed by atoms with Gasteiger partial charge in [-0.2, -0.15) is 0 Å². The van der Waals surface area contributed by atoms with Crippen LogP contribution in [0.4, 0.5) is 4.39 Å². The lowest BCUT2D eigenvalue weighted by molar-refractivity contribution is -0.0705. The van der Waals surface area contributed by atoms with Crippen molar-refractivity contribution in [2.24, 2.45) is 0 Å². The fourth-order valence-electron chi connectivity index (χ4n) is 5.44. The number of carbonyl (C=O) groups is 1. The van der Waals surface area contributed by atoms with E-state index in [0.717, 1.165) is 35.4 Å². The minimum absolute atomic E-state index is 0.0737. The molecule has 0 bridgehead atoms.